The smallest absolute Gasteiger partial charge is 0.342 e. The highest BCUT2D eigenvalue weighted by Gasteiger charge is 2.34. The molecule has 196 valence electrons. The van der Waals surface area contributed by atoms with E-state index >= 15 is 0 Å². The fraction of sp³-hybridized carbons (Fsp3) is 0.500. The van der Waals surface area contributed by atoms with Crippen LogP contribution >= 0.6 is 0 Å². The van der Waals surface area contributed by atoms with Crippen LogP contribution in [0.15, 0.2) is 54.6 Å². The highest BCUT2D eigenvalue weighted by atomic mass is 16.7. The number of esters is 1. The van der Waals surface area contributed by atoms with Crippen LogP contribution in [-0.2, 0) is 25.6 Å². The summed E-state index contributed by atoms with van der Waals surface area (Å²) in [5, 5.41) is 0. The third-order valence-electron chi connectivity index (χ3n) is 6.22. The number of benzene rings is 2. The zero-order valence-electron chi connectivity index (χ0n) is 22.0. The van der Waals surface area contributed by atoms with Gasteiger partial charge in [-0.15, -0.1) is 0 Å². The standard InChI is InChI=1S/C30H40O6/c1-30(2)35-25(21-26(36-30)18-12-20-34-22-23-13-7-5-8-14-23)17-10-6-9-15-24-16-11-19-27(32-3)28(24)29(31)33-4/h5,7-9,11,13-16,19,25-26H,6,10,12,17-18,20-22H2,1-4H3/b15-9+/t25-,26+/m1/s1. The van der Waals surface area contributed by atoms with Gasteiger partial charge in [-0.1, -0.05) is 54.6 Å². The minimum atomic E-state index is -0.579. The van der Waals surface area contributed by atoms with E-state index in [2.05, 4.69) is 18.2 Å². The second kappa shape index (κ2) is 14.2. The van der Waals surface area contributed by atoms with Crippen LogP contribution in [0, 0.1) is 0 Å². The summed E-state index contributed by atoms with van der Waals surface area (Å²) >= 11 is 0. The van der Waals surface area contributed by atoms with Crippen LogP contribution in [0.4, 0.5) is 0 Å². The van der Waals surface area contributed by atoms with Crippen LogP contribution in [0.3, 0.4) is 0 Å². The van der Waals surface area contributed by atoms with Gasteiger partial charge in [0.15, 0.2) is 5.79 Å². The average Bonchev–Trinajstić information content (AvgIpc) is 2.87. The summed E-state index contributed by atoms with van der Waals surface area (Å²) in [4.78, 5) is 12.2. The molecule has 1 heterocycles. The van der Waals surface area contributed by atoms with Crippen LogP contribution < -0.4 is 4.74 Å². The monoisotopic (exact) mass is 496 g/mol. The maximum atomic E-state index is 12.2. The predicted molar refractivity (Wildman–Crippen MR) is 141 cm³/mol. The Labute approximate surface area is 215 Å². The molecule has 0 amide bonds. The van der Waals surface area contributed by atoms with Crippen LogP contribution in [0.5, 0.6) is 5.75 Å². The Morgan fingerprint density at radius 1 is 1.00 bits per heavy atom. The first kappa shape index (κ1) is 27.9. The van der Waals surface area contributed by atoms with Gasteiger partial charge >= 0.3 is 5.97 Å². The van der Waals surface area contributed by atoms with Gasteiger partial charge in [-0.25, -0.2) is 4.79 Å². The van der Waals surface area contributed by atoms with Crippen molar-refractivity contribution < 1.29 is 28.5 Å². The van der Waals surface area contributed by atoms with E-state index in [4.69, 9.17) is 23.7 Å². The molecule has 2 atom stereocenters. The molecule has 1 aliphatic rings. The maximum absolute atomic E-state index is 12.2. The molecule has 0 N–H and O–H groups in total. The van der Waals surface area contributed by atoms with Gasteiger partial charge in [-0.05, 0) is 63.1 Å². The van der Waals surface area contributed by atoms with Crippen LogP contribution in [0.25, 0.3) is 6.08 Å². The number of hydrogen-bond donors (Lipinski definition) is 0. The van der Waals surface area contributed by atoms with Crippen molar-refractivity contribution in [1.82, 2.24) is 0 Å². The highest BCUT2D eigenvalue weighted by Crippen LogP contribution is 2.31. The van der Waals surface area contributed by atoms with E-state index < -0.39 is 11.8 Å². The molecule has 0 bridgehead atoms. The number of hydrogen-bond acceptors (Lipinski definition) is 6. The third kappa shape index (κ3) is 8.77. The number of allylic oxidation sites excluding steroid dienone is 1. The first-order chi connectivity index (χ1) is 17.4. The van der Waals surface area contributed by atoms with Crippen LogP contribution in [-0.4, -0.2) is 44.8 Å². The fourth-order valence-corrected chi connectivity index (χ4v) is 4.60. The fourth-order valence-electron chi connectivity index (χ4n) is 4.60. The molecule has 1 aliphatic heterocycles. The molecule has 0 aromatic heterocycles. The van der Waals surface area contributed by atoms with Gasteiger partial charge in [0, 0.05) is 13.0 Å². The van der Waals surface area contributed by atoms with E-state index in [1.54, 1.807) is 13.2 Å². The van der Waals surface area contributed by atoms with Crippen LogP contribution in [0.2, 0.25) is 0 Å². The zero-order chi connectivity index (χ0) is 25.8. The Morgan fingerprint density at radius 3 is 2.42 bits per heavy atom. The Bertz CT molecular complexity index is 969. The zero-order valence-corrected chi connectivity index (χ0v) is 22.0. The van der Waals surface area contributed by atoms with E-state index in [1.807, 2.05) is 50.3 Å². The molecule has 0 unspecified atom stereocenters. The Balaban J connectivity index is 1.42. The Morgan fingerprint density at radius 2 is 1.72 bits per heavy atom. The topological polar surface area (TPSA) is 63.2 Å². The van der Waals surface area contributed by atoms with Gasteiger partial charge < -0.3 is 23.7 Å². The number of unbranched alkanes of at least 4 members (excludes halogenated alkanes) is 1. The molecule has 0 spiro atoms. The van der Waals surface area contributed by atoms with E-state index in [9.17, 15) is 4.79 Å². The number of carbonyl (C=O) groups excluding carboxylic acids is 1. The lowest BCUT2D eigenvalue weighted by Crippen LogP contribution is -2.44. The summed E-state index contributed by atoms with van der Waals surface area (Å²) in [5.41, 5.74) is 2.44. The molecule has 0 aliphatic carbocycles. The first-order valence-electron chi connectivity index (χ1n) is 12.8. The van der Waals surface area contributed by atoms with Crippen LogP contribution in [0.1, 0.15) is 73.9 Å². The summed E-state index contributed by atoms with van der Waals surface area (Å²) in [6.07, 6.45) is 10.0. The number of carbonyl (C=O) groups is 1. The van der Waals surface area contributed by atoms with Gasteiger partial charge in [-0.2, -0.15) is 0 Å². The van der Waals surface area contributed by atoms with Gasteiger partial charge in [-0.3, -0.25) is 0 Å². The number of rotatable bonds is 13. The molecule has 0 saturated carbocycles. The second-order valence-electron chi connectivity index (χ2n) is 9.55. The number of methoxy groups -OCH3 is 2. The predicted octanol–water partition coefficient (Wildman–Crippen LogP) is 6.57. The molecular weight excluding hydrogens is 456 g/mol. The summed E-state index contributed by atoms with van der Waals surface area (Å²) in [7, 11) is 2.93. The van der Waals surface area contributed by atoms with Crippen molar-refractivity contribution >= 4 is 12.0 Å². The van der Waals surface area contributed by atoms with E-state index in [1.165, 1.54) is 12.7 Å². The van der Waals surface area contributed by atoms with Crippen molar-refractivity contribution in [3.8, 4) is 5.75 Å². The van der Waals surface area contributed by atoms with E-state index in [-0.39, 0.29) is 12.2 Å². The van der Waals surface area contributed by atoms with Gasteiger partial charge in [0.05, 0.1) is 33.0 Å². The molecule has 1 fully saturated rings. The SMILES string of the molecule is COC(=O)c1c(/C=C/CCC[C@@H]2C[C@H](CCCOCc3ccccc3)OC(C)(C)O2)cccc1OC. The van der Waals surface area contributed by atoms with E-state index in [0.29, 0.717) is 17.9 Å². The summed E-state index contributed by atoms with van der Waals surface area (Å²) in [6, 6.07) is 15.8. The molecule has 2 aromatic rings. The second-order valence-corrected chi connectivity index (χ2v) is 9.55. The molecule has 2 aromatic carbocycles. The van der Waals surface area contributed by atoms with E-state index in [0.717, 1.165) is 50.7 Å². The van der Waals surface area contributed by atoms with Crippen molar-refractivity contribution in [3.05, 3.63) is 71.3 Å². The first-order valence-corrected chi connectivity index (χ1v) is 12.8. The lowest BCUT2D eigenvalue weighted by atomic mass is 9.99. The number of ether oxygens (including phenoxy) is 5. The lowest BCUT2D eigenvalue weighted by molar-refractivity contribution is -0.301. The molecule has 6 nitrogen and oxygen atoms in total. The quantitative estimate of drug-likeness (QED) is 0.231. The van der Waals surface area contributed by atoms with Crippen molar-refractivity contribution in [1.29, 1.82) is 0 Å². The lowest BCUT2D eigenvalue weighted by Gasteiger charge is -2.41. The molecule has 0 radical (unpaired) electrons. The minimum Gasteiger partial charge on any atom is -0.496 e. The Kier molecular flexibility index (Phi) is 11.0. The van der Waals surface area contributed by atoms with Crippen molar-refractivity contribution in [3.63, 3.8) is 0 Å². The molecular formula is C30H40O6. The normalized spacial score (nSPS) is 19.3. The largest absolute Gasteiger partial charge is 0.496 e. The molecule has 36 heavy (non-hydrogen) atoms. The molecule has 1 saturated heterocycles. The average molecular weight is 497 g/mol. The Hall–Kier alpha value is -2.67. The maximum Gasteiger partial charge on any atom is 0.342 e. The van der Waals surface area contributed by atoms with Gasteiger partial charge in [0.2, 0.25) is 0 Å². The minimum absolute atomic E-state index is 0.167. The van der Waals surface area contributed by atoms with Crippen molar-refractivity contribution in [2.24, 2.45) is 0 Å². The van der Waals surface area contributed by atoms with Gasteiger partial charge in [0.1, 0.15) is 11.3 Å². The molecule has 6 heteroatoms. The van der Waals surface area contributed by atoms with Gasteiger partial charge in [0.25, 0.3) is 0 Å². The molecule has 3 rings (SSSR count). The highest BCUT2D eigenvalue weighted by molar-refractivity contribution is 5.96. The van der Waals surface area contributed by atoms with Crippen molar-refractivity contribution in [2.45, 2.75) is 77.0 Å². The third-order valence-corrected chi connectivity index (χ3v) is 6.22. The summed E-state index contributed by atoms with van der Waals surface area (Å²) < 4.78 is 28.5. The van der Waals surface area contributed by atoms with Crippen molar-refractivity contribution in [2.75, 3.05) is 20.8 Å². The summed E-state index contributed by atoms with van der Waals surface area (Å²) in [5.74, 6) is -0.468. The summed E-state index contributed by atoms with van der Waals surface area (Å²) in [6.45, 7) is 5.36.